The van der Waals surface area contributed by atoms with E-state index in [1.165, 1.54) is 0 Å². The summed E-state index contributed by atoms with van der Waals surface area (Å²) in [4.78, 5) is 8.95. The Bertz CT molecular complexity index is 771. The minimum absolute atomic E-state index is 0.653. The molecule has 2 heterocycles. The average Bonchev–Trinajstić information content (AvgIpc) is 2.53. The summed E-state index contributed by atoms with van der Waals surface area (Å²) in [6.07, 6.45) is 1.79. The number of benzene rings is 1. The summed E-state index contributed by atoms with van der Waals surface area (Å²) in [5.41, 5.74) is 3.87. The lowest BCUT2D eigenvalue weighted by Crippen LogP contribution is -2.04. The van der Waals surface area contributed by atoms with Gasteiger partial charge in [-0.05, 0) is 31.2 Å². The largest absolute Gasteiger partial charge is 0.494 e. The molecule has 1 aromatic carbocycles. The number of aryl methyl sites for hydroxylation is 1. The fourth-order valence-electron chi connectivity index (χ4n) is 2.28. The van der Waals surface area contributed by atoms with Crippen LogP contribution in [-0.2, 0) is 6.54 Å². The Kier molecular flexibility index (Phi) is 3.69. The molecule has 1 N–H and O–H groups in total. The van der Waals surface area contributed by atoms with Gasteiger partial charge in [-0.1, -0.05) is 18.2 Å². The van der Waals surface area contributed by atoms with E-state index < -0.39 is 0 Å². The highest BCUT2D eigenvalue weighted by atomic mass is 16.5. The van der Waals surface area contributed by atoms with E-state index in [1.807, 2.05) is 43.3 Å². The van der Waals surface area contributed by atoms with Crippen molar-refractivity contribution in [3.8, 4) is 5.75 Å². The van der Waals surface area contributed by atoms with Gasteiger partial charge >= 0.3 is 0 Å². The first-order chi connectivity index (χ1) is 10.3. The summed E-state index contributed by atoms with van der Waals surface area (Å²) in [7, 11) is 1.67. The van der Waals surface area contributed by atoms with E-state index in [1.54, 1.807) is 13.3 Å². The van der Waals surface area contributed by atoms with Crippen molar-refractivity contribution in [3.63, 3.8) is 0 Å². The maximum Gasteiger partial charge on any atom is 0.145 e. The standard InChI is InChI=1S/C17H17N3O/c1-12-15(6-4-10-18-12)19-11-14-9-8-13-5-3-7-16(21-2)17(13)20-14/h3-10,19H,11H2,1-2H3. The zero-order valence-corrected chi connectivity index (χ0v) is 12.1. The predicted octanol–water partition coefficient (Wildman–Crippen LogP) is 3.56. The van der Waals surface area contributed by atoms with Gasteiger partial charge in [0.15, 0.2) is 0 Å². The second-order valence-electron chi connectivity index (χ2n) is 4.82. The lowest BCUT2D eigenvalue weighted by atomic mass is 10.2. The van der Waals surface area contributed by atoms with Crippen LogP contribution < -0.4 is 10.1 Å². The topological polar surface area (TPSA) is 47.0 Å². The summed E-state index contributed by atoms with van der Waals surface area (Å²) in [6, 6.07) is 14.0. The summed E-state index contributed by atoms with van der Waals surface area (Å²) in [5.74, 6) is 0.798. The van der Waals surface area contributed by atoms with E-state index in [0.29, 0.717) is 6.54 Å². The molecule has 0 spiro atoms. The molecular formula is C17H17N3O. The third-order valence-corrected chi connectivity index (χ3v) is 3.43. The molecule has 2 aromatic heterocycles. The normalized spacial score (nSPS) is 10.6. The SMILES string of the molecule is COc1cccc2ccc(CNc3cccnc3C)nc12. The summed E-state index contributed by atoms with van der Waals surface area (Å²) < 4.78 is 5.37. The number of para-hydroxylation sites is 1. The number of hydrogen-bond donors (Lipinski definition) is 1. The second-order valence-corrected chi connectivity index (χ2v) is 4.82. The van der Waals surface area contributed by atoms with Crippen molar-refractivity contribution >= 4 is 16.6 Å². The van der Waals surface area contributed by atoms with Gasteiger partial charge in [-0.25, -0.2) is 4.98 Å². The van der Waals surface area contributed by atoms with E-state index >= 15 is 0 Å². The van der Waals surface area contributed by atoms with Crippen molar-refractivity contribution in [2.45, 2.75) is 13.5 Å². The number of hydrogen-bond acceptors (Lipinski definition) is 4. The van der Waals surface area contributed by atoms with Gasteiger partial charge in [0.05, 0.1) is 30.7 Å². The molecule has 3 aromatic rings. The van der Waals surface area contributed by atoms with E-state index in [4.69, 9.17) is 4.74 Å². The first kappa shape index (κ1) is 13.4. The molecule has 0 amide bonds. The first-order valence-electron chi connectivity index (χ1n) is 6.86. The number of pyridine rings is 2. The van der Waals surface area contributed by atoms with Crippen LogP contribution in [0, 0.1) is 6.92 Å². The van der Waals surface area contributed by atoms with Crippen LogP contribution in [0.25, 0.3) is 10.9 Å². The van der Waals surface area contributed by atoms with Crippen molar-refractivity contribution in [2.24, 2.45) is 0 Å². The van der Waals surface area contributed by atoms with Crippen molar-refractivity contribution in [3.05, 3.63) is 60.0 Å². The zero-order chi connectivity index (χ0) is 14.7. The molecule has 0 aliphatic carbocycles. The van der Waals surface area contributed by atoms with Gasteiger partial charge in [0, 0.05) is 11.6 Å². The van der Waals surface area contributed by atoms with Gasteiger partial charge in [0.2, 0.25) is 0 Å². The third-order valence-electron chi connectivity index (χ3n) is 3.43. The zero-order valence-electron chi connectivity index (χ0n) is 12.1. The number of anilines is 1. The predicted molar refractivity (Wildman–Crippen MR) is 84.6 cm³/mol. The Morgan fingerprint density at radius 1 is 1.10 bits per heavy atom. The van der Waals surface area contributed by atoms with Crippen LogP contribution in [0.15, 0.2) is 48.7 Å². The molecule has 0 atom stereocenters. The van der Waals surface area contributed by atoms with E-state index in [9.17, 15) is 0 Å². The summed E-state index contributed by atoms with van der Waals surface area (Å²) in [6.45, 7) is 2.64. The highest BCUT2D eigenvalue weighted by molar-refractivity contribution is 5.84. The van der Waals surface area contributed by atoms with Crippen molar-refractivity contribution in [2.75, 3.05) is 12.4 Å². The van der Waals surface area contributed by atoms with Gasteiger partial charge in [-0.15, -0.1) is 0 Å². The smallest absolute Gasteiger partial charge is 0.145 e. The minimum atomic E-state index is 0.653. The molecule has 4 nitrogen and oxygen atoms in total. The molecule has 3 rings (SSSR count). The Morgan fingerprint density at radius 2 is 2.00 bits per heavy atom. The molecule has 0 bridgehead atoms. The minimum Gasteiger partial charge on any atom is -0.494 e. The second kappa shape index (κ2) is 5.79. The van der Waals surface area contributed by atoms with Crippen LogP contribution in [0.1, 0.15) is 11.4 Å². The number of methoxy groups -OCH3 is 1. The monoisotopic (exact) mass is 279 g/mol. The molecule has 0 aliphatic heterocycles. The van der Waals surface area contributed by atoms with Gasteiger partial charge in [-0.2, -0.15) is 0 Å². The maximum absolute atomic E-state index is 5.37. The molecule has 0 saturated carbocycles. The lowest BCUT2D eigenvalue weighted by Gasteiger charge is -2.10. The number of nitrogens with zero attached hydrogens (tertiary/aromatic N) is 2. The highest BCUT2D eigenvalue weighted by Crippen LogP contribution is 2.23. The molecule has 0 radical (unpaired) electrons. The van der Waals surface area contributed by atoms with Crippen LogP contribution in [0.5, 0.6) is 5.75 Å². The molecule has 0 fully saturated rings. The van der Waals surface area contributed by atoms with Crippen LogP contribution in [0.2, 0.25) is 0 Å². The number of fused-ring (bicyclic) bond motifs is 1. The Labute approximate surface area is 123 Å². The fraction of sp³-hybridized carbons (Fsp3) is 0.176. The molecular weight excluding hydrogens is 262 g/mol. The third kappa shape index (κ3) is 2.79. The quantitative estimate of drug-likeness (QED) is 0.793. The fourth-order valence-corrected chi connectivity index (χ4v) is 2.28. The van der Waals surface area contributed by atoms with Gasteiger partial charge in [-0.3, -0.25) is 4.98 Å². The maximum atomic E-state index is 5.37. The number of nitrogens with one attached hydrogen (secondary N) is 1. The summed E-state index contributed by atoms with van der Waals surface area (Å²) in [5, 5.41) is 4.44. The Hall–Kier alpha value is -2.62. The lowest BCUT2D eigenvalue weighted by molar-refractivity contribution is 0.419. The first-order valence-corrected chi connectivity index (χ1v) is 6.86. The molecule has 4 heteroatoms. The number of rotatable bonds is 4. The summed E-state index contributed by atoms with van der Waals surface area (Å²) >= 11 is 0. The van der Waals surface area contributed by atoms with E-state index in [2.05, 4.69) is 21.4 Å². The van der Waals surface area contributed by atoms with Crippen LogP contribution in [0.4, 0.5) is 5.69 Å². The van der Waals surface area contributed by atoms with Crippen LogP contribution in [0.3, 0.4) is 0 Å². The number of aromatic nitrogens is 2. The van der Waals surface area contributed by atoms with Gasteiger partial charge < -0.3 is 10.1 Å². The van der Waals surface area contributed by atoms with Gasteiger partial charge in [0.25, 0.3) is 0 Å². The van der Waals surface area contributed by atoms with Crippen molar-refractivity contribution in [1.29, 1.82) is 0 Å². The van der Waals surface area contributed by atoms with Gasteiger partial charge in [0.1, 0.15) is 11.3 Å². The van der Waals surface area contributed by atoms with E-state index in [-0.39, 0.29) is 0 Å². The molecule has 106 valence electrons. The highest BCUT2D eigenvalue weighted by Gasteiger charge is 2.04. The molecule has 0 saturated heterocycles. The average molecular weight is 279 g/mol. The van der Waals surface area contributed by atoms with Crippen LogP contribution >= 0.6 is 0 Å². The molecule has 0 aliphatic rings. The van der Waals surface area contributed by atoms with Crippen LogP contribution in [-0.4, -0.2) is 17.1 Å². The van der Waals surface area contributed by atoms with Crippen molar-refractivity contribution < 1.29 is 4.74 Å². The molecule has 21 heavy (non-hydrogen) atoms. The van der Waals surface area contributed by atoms with Crippen molar-refractivity contribution in [1.82, 2.24) is 9.97 Å². The molecule has 0 unspecified atom stereocenters. The number of ether oxygens (including phenoxy) is 1. The van der Waals surface area contributed by atoms with E-state index in [0.717, 1.165) is 33.7 Å². The Balaban J connectivity index is 1.86. The Morgan fingerprint density at radius 3 is 2.81 bits per heavy atom.